The number of nitrogens with zero attached hydrogens (tertiary/aromatic N) is 1. The minimum Gasteiger partial charge on any atom is -0.507 e. The summed E-state index contributed by atoms with van der Waals surface area (Å²) >= 11 is 0. The van der Waals surface area contributed by atoms with Crippen molar-refractivity contribution in [2.45, 2.75) is 63.5 Å². The Morgan fingerprint density at radius 2 is 1.68 bits per heavy atom. The predicted octanol–water partition coefficient (Wildman–Crippen LogP) is 5.29. The topological polar surface area (TPSA) is 35.5 Å². The molecule has 28 heavy (non-hydrogen) atoms. The molecule has 2 aliphatic rings. The van der Waals surface area contributed by atoms with E-state index in [9.17, 15) is 5.11 Å². The lowest BCUT2D eigenvalue weighted by atomic mass is 9.79. The molecule has 1 saturated carbocycles. The van der Waals surface area contributed by atoms with Crippen LogP contribution in [-0.2, 0) is 5.54 Å². The van der Waals surface area contributed by atoms with Gasteiger partial charge in [0.15, 0.2) is 0 Å². The van der Waals surface area contributed by atoms with Crippen LogP contribution in [0.1, 0.15) is 57.4 Å². The Bertz CT molecular complexity index is 756. The monoisotopic (exact) mass is 378 g/mol. The predicted molar refractivity (Wildman–Crippen MR) is 117 cm³/mol. The Morgan fingerprint density at radius 1 is 1.00 bits per heavy atom. The van der Waals surface area contributed by atoms with E-state index in [2.05, 4.69) is 41.4 Å². The Balaban J connectivity index is 1.53. The first-order valence-electron chi connectivity index (χ1n) is 11.1. The number of para-hydroxylation sites is 1. The van der Waals surface area contributed by atoms with Gasteiger partial charge in [-0.3, -0.25) is 0 Å². The number of likely N-dealkylation sites (tertiary alicyclic amines) is 1. The van der Waals surface area contributed by atoms with Gasteiger partial charge < -0.3 is 15.3 Å². The van der Waals surface area contributed by atoms with Gasteiger partial charge in [-0.15, -0.1) is 0 Å². The third kappa shape index (κ3) is 3.97. The number of rotatable bonds is 6. The van der Waals surface area contributed by atoms with Crippen LogP contribution in [0, 0.1) is 0 Å². The van der Waals surface area contributed by atoms with Crippen molar-refractivity contribution in [2.24, 2.45) is 0 Å². The van der Waals surface area contributed by atoms with E-state index in [0.29, 0.717) is 5.75 Å². The van der Waals surface area contributed by atoms with E-state index >= 15 is 0 Å². The normalized spacial score (nSPS) is 20.5. The maximum atomic E-state index is 10.2. The maximum Gasteiger partial charge on any atom is 0.123 e. The molecule has 0 amide bonds. The standard InChI is InChI=1S/C25H34N2O/c1-2-17-26-25(15-18-27(19-16-25)22-7-3-4-8-22)21-13-11-20(12-14-21)23-9-5-6-10-24(23)28/h5-6,9-14,22,26,28H,2-4,7-8,15-19H2,1H3. The summed E-state index contributed by atoms with van der Waals surface area (Å²) in [7, 11) is 0. The number of hydrogen-bond donors (Lipinski definition) is 2. The van der Waals surface area contributed by atoms with Gasteiger partial charge in [0.2, 0.25) is 0 Å². The molecule has 2 aromatic carbocycles. The van der Waals surface area contributed by atoms with Gasteiger partial charge in [0, 0.05) is 30.2 Å². The van der Waals surface area contributed by atoms with Gasteiger partial charge in [-0.25, -0.2) is 0 Å². The summed E-state index contributed by atoms with van der Waals surface area (Å²) in [6.45, 7) is 5.70. The molecule has 1 heterocycles. The van der Waals surface area contributed by atoms with Crippen molar-refractivity contribution < 1.29 is 5.11 Å². The highest BCUT2D eigenvalue weighted by molar-refractivity contribution is 5.70. The van der Waals surface area contributed by atoms with Gasteiger partial charge in [0.1, 0.15) is 5.75 Å². The quantitative estimate of drug-likeness (QED) is 0.717. The van der Waals surface area contributed by atoms with E-state index in [0.717, 1.165) is 30.1 Å². The highest BCUT2D eigenvalue weighted by Gasteiger charge is 2.37. The first-order chi connectivity index (χ1) is 13.7. The molecule has 0 bridgehead atoms. The Kier molecular flexibility index (Phi) is 6.03. The fourth-order valence-electron chi connectivity index (χ4n) is 5.16. The second-order valence-corrected chi connectivity index (χ2v) is 8.58. The summed E-state index contributed by atoms with van der Waals surface area (Å²) in [5.41, 5.74) is 3.46. The van der Waals surface area contributed by atoms with E-state index in [1.54, 1.807) is 6.07 Å². The fourth-order valence-corrected chi connectivity index (χ4v) is 5.16. The van der Waals surface area contributed by atoms with Crippen LogP contribution in [0.15, 0.2) is 48.5 Å². The summed E-state index contributed by atoms with van der Waals surface area (Å²) in [6, 6.07) is 17.3. The Labute approximate surface area is 169 Å². The van der Waals surface area contributed by atoms with Crippen LogP contribution >= 0.6 is 0 Å². The second kappa shape index (κ2) is 8.67. The largest absolute Gasteiger partial charge is 0.507 e. The minimum absolute atomic E-state index is 0.0857. The van der Waals surface area contributed by atoms with Crippen LogP contribution < -0.4 is 5.32 Å². The molecule has 3 nitrogen and oxygen atoms in total. The third-order valence-electron chi connectivity index (χ3n) is 6.86. The SMILES string of the molecule is CCCNC1(c2ccc(-c3ccccc3O)cc2)CCN(C2CCCC2)CC1. The average Bonchev–Trinajstić information content (AvgIpc) is 3.28. The van der Waals surface area contributed by atoms with Crippen molar-refractivity contribution in [3.05, 3.63) is 54.1 Å². The van der Waals surface area contributed by atoms with Crippen molar-refractivity contribution in [2.75, 3.05) is 19.6 Å². The Hall–Kier alpha value is -1.84. The van der Waals surface area contributed by atoms with Crippen molar-refractivity contribution in [1.29, 1.82) is 0 Å². The Morgan fingerprint density at radius 3 is 2.32 bits per heavy atom. The number of benzene rings is 2. The lowest BCUT2D eigenvalue weighted by Crippen LogP contribution is -2.53. The first-order valence-corrected chi connectivity index (χ1v) is 11.1. The first kappa shape index (κ1) is 19.5. The summed E-state index contributed by atoms with van der Waals surface area (Å²) in [5.74, 6) is 0.346. The highest BCUT2D eigenvalue weighted by atomic mass is 16.3. The molecule has 3 heteroatoms. The zero-order valence-electron chi connectivity index (χ0n) is 17.2. The van der Waals surface area contributed by atoms with E-state index in [-0.39, 0.29) is 5.54 Å². The average molecular weight is 379 g/mol. The van der Waals surface area contributed by atoms with Gasteiger partial charge >= 0.3 is 0 Å². The van der Waals surface area contributed by atoms with Gasteiger partial charge in [0.25, 0.3) is 0 Å². The molecule has 2 aromatic rings. The molecule has 1 aliphatic heterocycles. The second-order valence-electron chi connectivity index (χ2n) is 8.58. The summed E-state index contributed by atoms with van der Waals surface area (Å²) in [4.78, 5) is 2.75. The number of phenolic OH excluding ortho intramolecular Hbond substituents is 1. The summed E-state index contributed by atoms with van der Waals surface area (Å²) < 4.78 is 0. The van der Waals surface area contributed by atoms with E-state index < -0.39 is 0 Å². The van der Waals surface area contributed by atoms with Gasteiger partial charge in [0.05, 0.1) is 0 Å². The van der Waals surface area contributed by atoms with Crippen molar-refractivity contribution in [3.8, 4) is 16.9 Å². The van der Waals surface area contributed by atoms with Crippen LogP contribution in [0.4, 0.5) is 0 Å². The maximum absolute atomic E-state index is 10.2. The van der Waals surface area contributed by atoms with Crippen molar-refractivity contribution >= 4 is 0 Å². The highest BCUT2D eigenvalue weighted by Crippen LogP contribution is 2.37. The summed E-state index contributed by atoms with van der Waals surface area (Å²) in [6.07, 6.45) is 9.13. The minimum atomic E-state index is 0.0857. The van der Waals surface area contributed by atoms with Gasteiger partial charge in [-0.05, 0) is 55.8 Å². The molecule has 1 aliphatic carbocycles. The van der Waals surface area contributed by atoms with Crippen molar-refractivity contribution in [3.63, 3.8) is 0 Å². The zero-order chi connectivity index (χ0) is 19.4. The molecule has 4 rings (SSSR count). The number of nitrogens with one attached hydrogen (secondary N) is 1. The number of phenols is 1. The van der Waals surface area contributed by atoms with Crippen LogP contribution in [0.3, 0.4) is 0 Å². The smallest absolute Gasteiger partial charge is 0.123 e. The van der Waals surface area contributed by atoms with Crippen LogP contribution in [0.25, 0.3) is 11.1 Å². The van der Waals surface area contributed by atoms with Crippen LogP contribution in [-0.4, -0.2) is 35.7 Å². The van der Waals surface area contributed by atoms with E-state index in [4.69, 9.17) is 0 Å². The molecule has 2 N–H and O–H groups in total. The van der Waals surface area contributed by atoms with Crippen LogP contribution in [0.2, 0.25) is 0 Å². The van der Waals surface area contributed by atoms with Crippen LogP contribution in [0.5, 0.6) is 5.75 Å². The zero-order valence-corrected chi connectivity index (χ0v) is 17.2. The van der Waals surface area contributed by atoms with Gasteiger partial charge in [-0.2, -0.15) is 0 Å². The van der Waals surface area contributed by atoms with E-state index in [1.807, 2.05) is 18.2 Å². The van der Waals surface area contributed by atoms with Gasteiger partial charge in [-0.1, -0.05) is 62.2 Å². The molecule has 2 fully saturated rings. The molecule has 0 unspecified atom stereocenters. The lowest BCUT2D eigenvalue weighted by Gasteiger charge is -2.45. The molecule has 0 aromatic heterocycles. The third-order valence-corrected chi connectivity index (χ3v) is 6.86. The van der Waals surface area contributed by atoms with E-state index in [1.165, 1.54) is 57.2 Å². The fraction of sp³-hybridized carbons (Fsp3) is 0.520. The molecule has 1 saturated heterocycles. The lowest BCUT2D eigenvalue weighted by molar-refractivity contribution is 0.0983. The molecular formula is C25H34N2O. The molecule has 150 valence electrons. The summed E-state index contributed by atoms with van der Waals surface area (Å²) in [5, 5.41) is 14.1. The number of hydrogen-bond acceptors (Lipinski definition) is 3. The molecule has 0 radical (unpaired) electrons. The molecule has 0 spiro atoms. The van der Waals surface area contributed by atoms with Crippen molar-refractivity contribution in [1.82, 2.24) is 10.2 Å². The number of aromatic hydroxyl groups is 1. The molecule has 0 atom stereocenters. The number of piperidine rings is 1. The molecular weight excluding hydrogens is 344 g/mol.